The molecule has 0 atom stereocenters. The van der Waals surface area contributed by atoms with Crippen molar-refractivity contribution in [1.82, 2.24) is 0 Å². The molecule has 0 bridgehead atoms. The number of hydrogen-bond donors (Lipinski definition) is 1. The highest BCUT2D eigenvalue weighted by molar-refractivity contribution is 6.04. The van der Waals surface area contributed by atoms with E-state index in [9.17, 15) is 14.0 Å². The molecular formula is C21H16FNO3. The zero-order valence-electron chi connectivity index (χ0n) is 13.8. The maximum Gasteiger partial charge on any atom is 0.338 e. The number of benzene rings is 3. The first kappa shape index (κ1) is 17.4. The first-order valence-electron chi connectivity index (χ1n) is 8.00. The van der Waals surface area contributed by atoms with Gasteiger partial charge in [0.05, 0.1) is 5.56 Å². The molecule has 1 N–H and O–H groups in total. The van der Waals surface area contributed by atoms with Crippen LogP contribution >= 0.6 is 0 Å². The molecule has 0 aromatic heterocycles. The number of anilines is 1. The molecule has 4 nitrogen and oxygen atoms in total. The average molecular weight is 349 g/mol. The molecule has 3 aromatic rings. The lowest BCUT2D eigenvalue weighted by Gasteiger charge is -2.08. The van der Waals surface area contributed by atoms with Crippen molar-refractivity contribution in [1.29, 1.82) is 0 Å². The van der Waals surface area contributed by atoms with E-state index >= 15 is 0 Å². The van der Waals surface area contributed by atoms with Gasteiger partial charge in [-0.15, -0.1) is 0 Å². The minimum absolute atomic E-state index is 0.141. The lowest BCUT2D eigenvalue weighted by atomic mass is 10.2. The van der Waals surface area contributed by atoms with Crippen LogP contribution in [0.2, 0.25) is 0 Å². The topological polar surface area (TPSA) is 55.4 Å². The standard InChI is InChI=1S/C21H16FNO3/c22-19-9-5-4-8-17(19)14-26-21(25)16-10-12-18(13-11-16)23-20(24)15-6-2-1-3-7-15/h1-13H,14H2,(H,23,24). The van der Waals surface area contributed by atoms with E-state index in [0.29, 0.717) is 22.4 Å². The molecule has 0 heterocycles. The molecule has 0 fully saturated rings. The highest BCUT2D eigenvalue weighted by atomic mass is 19.1. The summed E-state index contributed by atoms with van der Waals surface area (Å²) < 4.78 is 18.6. The van der Waals surface area contributed by atoms with E-state index in [1.165, 1.54) is 6.07 Å². The lowest BCUT2D eigenvalue weighted by molar-refractivity contribution is 0.0469. The molecule has 0 aliphatic rings. The third-order valence-corrected chi connectivity index (χ3v) is 3.73. The fourth-order valence-corrected chi connectivity index (χ4v) is 2.32. The van der Waals surface area contributed by atoms with E-state index in [2.05, 4.69) is 5.32 Å². The van der Waals surface area contributed by atoms with Gasteiger partial charge in [0.1, 0.15) is 12.4 Å². The fraction of sp³-hybridized carbons (Fsp3) is 0.0476. The van der Waals surface area contributed by atoms with Gasteiger partial charge in [-0.2, -0.15) is 0 Å². The first-order valence-corrected chi connectivity index (χ1v) is 8.00. The summed E-state index contributed by atoms with van der Waals surface area (Å²) in [4.78, 5) is 24.1. The molecule has 0 unspecified atom stereocenters. The quantitative estimate of drug-likeness (QED) is 0.693. The van der Waals surface area contributed by atoms with Crippen molar-refractivity contribution in [3.8, 4) is 0 Å². The Hall–Kier alpha value is -3.47. The van der Waals surface area contributed by atoms with Gasteiger partial charge in [0.2, 0.25) is 0 Å². The molecular weight excluding hydrogens is 333 g/mol. The van der Waals surface area contributed by atoms with Crippen molar-refractivity contribution in [2.45, 2.75) is 6.61 Å². The van der Waals surface area contributed by atoms with Crippen LogP contribution in [0.5, 0.6) is 0 Å². The minimum atomic E-state index is -0.561. The number of nitrogens with one attached hydrogen (secondary N) is 1. The number of carbonyl (C=O) groups is 2. The van der Waals surface area contributed by atoms with Crippen LogP contribution in [0.4, 0.5) is 10.1 Å². The monoisotopic (exact) mass is 349 g/mol. The molecule has 26 heavy (non-hydrogen) atoms. The predicted octanol–water partition coefficient (Wildman–Crippen LogP) is 4.44. The van der Waals surface area contributed by atoms with Gasteiger partial charge in [-0.25, -0.2) is 9.18 Å². The van der Waals surface area contributed by atoms with Crippen LogP contribution in [0.1, 0.15) is 26.3 Å². The van der Waals surface area contributed by atoms with Crippen molar-refractivity contribution >= 4 is 17.6 Å². The maximum absolute atomic E-state index is 13.5. The number of carbonyl (C=O) groups excluding carboxylic acids is 2. The molecule has 0 aliphatic carbocycles. The van der Waals surface area contributed by atoms with Gasteiger partial charge in [0.25, 0.3) is 5.91 Å². The Labute approximate surface area is 150 Å². The normalized spacial score (nSPS) is 10.2. The van der Waals surface area contributed by atoms with Crippen LogP contribution in [-0.4, -0.2) is 11.9 Å². The summed E-state index contributed by atoms with van der Waals surface area (Å²) in [5, 5.41) is 2.75. The Morgan fingerprint density at radius 1 is 0.808 bits per heavy atom. The number of halogens is 1. The van der Waals surface area contributed by atoms with Crippen LogP contribution in [0.3, 0.4) is 0 Å². The number of rotatable bonds is 5. The van der Waals surface area contributed by atoms with E-state index in [1.54, 1.807) is 66.7 Å². The van der Waals surface area contributed by atoms with Gasteiger partial charge >= 0.3 is 5.97 Å². The highest BCUT2D eigenvalue weighted by Gasteiger charge is 2.10. The van der Waals surface area contributed by atoms with Crippen LogP contribution in [0.15, 0.2) is 78.9 Å². The Morgan fingerprint density at radius 3 is 2.15 bits per heavy atom. The summed E-state index contributed by atoms with van der Waals surface area (Å²) in [5.41, 5.74) is 1.73. The second kappa shape index (κ2) is 8.07. The number of amides is 1. The molecule has 0 aliphatic heterocycles. The summed E-state index contributed by atoms with van der Waals surface area (Å²) in [5.74, 6) is -1.21. The third-order valence-electron chi connectivity index (χ3n) is 3.73. The zero-order valence-corrected chi connectivity index (χ0v) is 13.8. The van der Waals surface area contributed by atoms with Crippen molar-refractivity contribution < 1.29 is 18.7 Å². The summed E-state index contributed by atoms with van der Waals surface area (Å²) in [7, 11) is 0. The molecule has 0 saturated carbocycles. The van der Waals surface area contributed by atoms with Crippen LogP contribution < -0.4 is 5.32 Å². The first-order chi connectivity index (χ1) is 12.6. The van der Waals surface area contributed by atoms with Crippen molar-refractivity contribution in [3.05, 3.63) is 101 Å². The Morgan fingerprint density at radius 2 is 1.46 bits per heavy atom. The number of esters is 1. The van der Waals surface area contributed by atoms with Gasteiger partial charge < -0.3 is 10.1 Å². The Kier molecular flexibility index (Phi) is 5.39. The maximum atomic E-state index is 13.5. The molecule has 3 rings (SSSR count). The highest BCUT2D eigenvalue weighted by Crippen LogP contribution is 2.14. The van der Waals surface area contributed by atoms with Gasteiger partial charge in [-0.3, -0.25) is 4.79 Å². The molecule has 1 amide bonds. The van der Waals surface area contributed by atoms with E-state index in [-0.39, 0.29) is 12.5 Å². The van der Waals surface area contributed by atoms with Crippen LogP contribution in [0, 0.1) is 5.82 Å². The molecule has 0 spiro atoms. The van der Waals surface area contributed by atoms with E-state index < -0.39 is 11.8 Å². The smallest absolute Gasteiger partial charge is 0.338 e. The number of hydrogen-bond acceptors (Lipinski definition) is 3. The van der Waals surface area contributed by atoms with Crippen molar-refractivity contribution in [2.75, 3.05) is 5.32 Å². The van der Waals surface area contributed by atoms with E-state index in [0.717, 1.165) is 0 Å². The Bertz CT molecular complexity index is 908. The summed E-state index contributed by atoms with van der Waals surface area (Å²) >= 11 is 0. The zero-order chi connectivity index (χ0) is 18.4. The second-order valence-corrected chi connectivity index (χ2v) is 5.57. The summed E-state index contributed by atoms with van der Waals surface area (Å²) in [6.07, 6.45) is 0. The molecule has 130 valence electrons. The van der Waals surface area contributed by atoms with Gasteiger partial charge in [0, 0.05) is 16.8 Å². The van der Waals surface area contributed by atoms with Gasteiger partial charge in [0.15, 0.2) is 0 Å². The molecule has 3 aromatic carbocycles. The summed E-state index contributed by atoms with van der Waals surface area (Å²) in [6.45, 7) is -0.141. The van der Waals surface area contributed by atoms with Gasteiger partial charge in [-0.1, -0.05) is 36.4 Å². The number of ether oxygens (including phenoxy) is 1. The van der Waals surface area contributed by atoms with Crippen LogP contribution in [-0.2, 0) is 11.3 Å². The van der Waals surface area contributed by atoms with Crippen LogP contribution in [0.25, 0.3) is 0 Å². The average Bonchev–Trinajstić information content (AvgIpc) is 2.68. The third kappa shape index (κ3) is 4.33. The van der Waals surface area contributed by atoms with Gasteiger partial charge in [-0.05, 0) is 42.5 Å². The van der Waals surface area contributed by atoms with E-state index in [1.807, 2.05) is 6.07 Å². The second-order valence-electron chi connectivity index (χ2n) is 5.57. The minimum Gasteiger partial charge on any atom is -0.457 e. The Balaban J connectivity index is 1.59. The predicted molar refractivity (Wildman–Crippen MR) is 96.4 cm³/mol. The molecule has 0 radical (unpaired) electrons. The van der Waals surface area contributed by atoms with Crippen molar-refractivity contribution in [2.24, 2.45) is 0 Å². The van der Waals surface area contributed by atoms with E-state index in [4.69, 9.17) is 4.74 Å². The van der Waals surface area contributed by atoms with Crippen molar-refractivity contribution in [3.63, 3.8) is 0 Å². The molecule has 5 heteroatoms. The SMILES string of the molecule is O=C(Nc1ccc(C(=O)OCc2ccccc2F)cc1)c1ccccc1. The molecule has 0 saturated heterocycles. The largest absolute Gasteiger partial charge is 0.457 e. The fourth-order valence-electron chi connectivity index (χ4n) is 2.32. The summed E-state index contributed by atoms with van der Waals surface area (Å²) in [6, 6.07) is 21.3. The lowest BCUT2D eigenvalue weighted by Crippen LogP contribution is -2.12.